The smallest absolute Gasteiger partial charge is 0.250 e. The third-order valence-corrected chi connectivity index (χ3v) is 2.61. The molecule has 0 heterocycles. The number of nitrogens with one attached hydrogen (secondary N) is 1. The van der Waals surface area contributed by atoms with E-state index in [0.29, 0.717) is 5.69 Å². The van der Waals surface area contributed by atoms with Crippen molar-refractivity contribution in [1.29, 1.82) is 0 Å². The molecule has 0 saturated heterocycles. The summed E-state index contributed by atoms with van der Waals surface area (Å²) in [4.78, 5) is 22.1. The van der Waals surface area contributed by atoms with Gasteiger partial charge in [0.1, 0.15) is 0 Å². The predicted molar refractivity (Wildman–Crippen MR) is 67.0 cm³/mol. The van der Waals surface area contributed by atoms with Gasteiger partial charge < -0.3 is 11.1 Å². The lowest BCUT2D eigenvalue weighted by atomic mass is 10.2. The minimum Gasteiger partial charge on any atom is -0.366 e. The first-order valence-electron chi connectivity index (χ1n) is 4.46. The highest BCUT2D eigenvalue weighted by Gasteiger charge is 2.11. The van der Waals surface area contributed by atoms with E-state index in [9.17, 15) is 9.59 Å². The minimum absolute atomic E-state index is 0.182. The van der Waals surface area contributed by atoms with Crippen molar-refractivity contribution in [3.8, 4) is 0 Å². The van der Waals surface area contributed by atoms with Crippen LogP contribution in [-0.2, 0) is 4.79 Å². The molecule has 6 heteroatoms. The van der Waals surface area contributed by atoms with Gasteiger partial charge in [-0.05, 0) is 25.1 Å². The zero-order valence-electron chi connectivity index (χ0n) is 8.46. The Kier molecular flexibility index (Phi) is 4.32. The average molecular weight is 306 g/mol. The highest BCUT2D eigenvalue weighted by molar-refractivity contribution is 9.10. The van der Waals surface area contributed by atoms with E-state index in [1.807, 2.05) is 0 Å². The van der Waals surface area contributed by atoms with E-state index in [2.05, 4.69) is 21.2 Å². The second kappa shape index (κ2) is 5.32. The summed E-state index contributed by atoms with van der Waals surface area (Å²) < 4.78 is 0. The Balaban J connectivity index is 2.95. The van der Waals surface area contributed by atoms with Gasteiger partial charge in [-0.25, -0.2) is 0 Å². The molecule has 1 aromatic rings. The molecule has 3 N–H and O–H groups in total. The molecule has 1 rings (SSSR count). The fraction of sp³-hybridized carbons (Fsp3) is 0.200. The standard InChI is InChI=1S/C10H10BrClN2O2/c1-5(11)10(16)14-6-2-3-8(12)7(4-6)9(13)15/h2-5H,1H3,(H2,13,15)(H,14,16). The summed E-state index contributed by atoms with van der Waals surface area (Å²) in [6.07, 6.45) is 0. The van der Waals surface area contributed by atoms with E-state index >= 15 is 0 Å². The van der Waals surface area contributed by atoms with Gasteiger partial charge in [-0.15, -0.1) is 0 Å². The molecule has 86 valence electrons. The zero-order valence-corrected chi connectivity index (χ0v) is 10.8. The number of primary amides is 1. The van der Waals surface area contributed by atoms with Crippen molar-refractivity contribution in [2.24, 2.45) is 5.73 Å². The van der Waals surface area contributed by atoms with Crippen molar-refractivity contribution >= 4 is 45.0 Å². The van der Waals surface area contributed by atoms with Crippen LogP contribution in [0.25, 0.3) is 0 Å². The van der Waals surface area contributed by atoms with Gasteiger partial charge in [0.15, 0.2) is 0 Å². The molecular formula is C10H10BrClN2O2. The monoisotopic (exact) mass is 304 g/mol. The first kappa shape index (κ1) is 13.0. The molecule has 0 aliphatic rings. The van der Waals surface area contributed by atoms with Crippen molar-refractivity contribution < 1.29 is 9.59 Å². The van der Waals surface area contributed by atoms with Crippen LogP contribution >= 0.6 is 27.5 Å². The Hall–Kier alpha value is -1.07. The summed E-state index contributed by atoms with van der Waals surface area (Å²) >= 11 is 8.90. The number of benzene rings is 1. The van der Waals surface area contributed by atoms with E-state index in [-0.39, 0.29) is 21.3 Å². The van der Waals surface area contributed by atoms with Gasteiger partial charge in [-0.2, -0.15) is 0 Å². The van der Waals surface area contributed by atoms with Gasteiger partial charge >= 0.3 is 0 Å². The fourth-order valence-corrected chi connectivity index (χ4v) is 1.36. The van der Waals surface area contributed by atoms with E-state index < -0.39 is 5.91 Å². The zero-order chi connectivity index (χ0) is 12.3. The second-order valence-electron chi connectivity index (χ2n) is 3.16. The van der Waals surface area contributed by atoms with Crippen LogP contribution in [-0.4, -0.2) is 16.6 Å². The Morgan fingerprint density at radius 2 is 2.12 bits per heavy atom. The minimum atomic E-state index is -0.631. The van der Waals surface area contributed by atoms with E-state index in [1.165, 1.54) is 12.1 Å². The van der Waals surface area contributed by atoms with Crippen LogP contribution in [0.4, 0.5) is 5.69 Å². The molecule has 0 radical (unpaired) electrons. The third kappa shape index (κ3) is 3.21. The molecule has 0 spiro atoms. The van der Waals surface area contributed by atoms with Crippen molar-refractivity contribution in [3.05, 3.63) is 28.8 Å². The molecular weight excluding hydrogens is 295 g/mol. The Morgan fingerprint density at radius 1 is 1.50 bits per heavy atom. The van der Waals surface area contributed by atoms with Crippen LogP contribution in [0.2, 0.25) is 5.02 Å². The Bertz CT molecular complexity index is 435. The summed E-state index contributed by atoms with van der Waals surface area (Å²) in [6.45, 7) is 1.69. The average Bonchev–Trinajstić information content (AvgIpc) is 2.20. The van der Waals surface area contributed by atoms with Gasteiger partial charge in [-0.3, -0.25) is 9.59 Å². The number of hydrogen-bond acceptors (Lipinski definition) is 2. The summed E-state index contributed by atoms with van der Waals surface area (Å²) in [5.41, 5.74) is 5.79. The lowest BCUT2D eigenvalue weighted by Gasteiger charge is -2.08. The first-order chi connectivity index (χ1) is 7.41. The van der Waals surface area contributed by atoms with Crippen molar-refractivity contribution in [2.75, 3.05) is 5.32 Å². The number of anilines is 1. The van der Waals surface area contributed by atoms with Crippen LogP contribution < -0.4 is 11.1 Å². The highest BCUT2D eigenvalue weighted by atomic mass is 79.9. The molecule has 2 amide bonds. The van der Waals surface area contributed by atoms with Gasteiger partial charge in [0, 0.05) is 5.69 Å². The van der Waals surface area contributed by atoms with Crippen LogP contribution in [0.15, 0.2) is 18.2 Å². The molecule has 0 fully saturated rings. The Morgan fingerprint density at radius 3 is 2.62 bits per heavy atom. The molecule has 0 aliphatic carbocycles. The van der Waals surface area contributed by atoms with Gasteiger partial charge in [0.25, 0.3) is 0 Å². The molecule has 1 atom stereocenters. The number of rotatable bonds is 3. The van der Waals surface area contributed by atoms with Crippen molar-refractivity contribution in [3.63, 3.8) is 0 Å². The van der Waals surface area contributed by atoms with Gasteiger partial charge in [0.2, 0.25) is 11.8 Å². The largest absolute Gasteiger partial charge is 0.366 e. The number of carbonyl (C=O) groups is 2. The molecule has 1 unspecified atom stereocenters. The topological polar surface area (TPSA) is 72.2 Å². The summed E-state index contributed by atoms with van der Waals surface area (Å²) in [7, 11) is 0. The number of amides is 2. The number of carbonyl (C=O) groups excluding carboxylic acids is 2. The van der Waals surface area contributed by atoms with Gasteiger partial charge in [-0.1, -0.05) is 27.5 Å². The lowest BCUT2D eigenvalue weighted by Crippen LogP contribution is -2.20. The van der Waals surface area contributed by atoms with E-state index in [4.69, 9.17) is 17.3 Å². The van der Waals surface area contributed by atoms with Crippen molar-refractivity contribution in [1.82, 2.24) is 0 Å². The number of alkyl halides is 1. The molecule has 0 aliphatic heterocycles. The van der Waals surface area contributed by atoms with Crippen LogP contribution in [0.3, 0.4) is 0 Å². The second-order valence-corrected chi connectivity index (χ2v) is 4.94. The fourth-order valence-electron chi connectivity index (χ4n) is 1.03. The van der Waals surface area contributed by atoms with Crippen LogP contribution in [0, 0.1) is 0 Å². The van der Waals surface area contributed by atoms with E-state index in [1.54, 1.807) is 13.0 Å². The summed E-state index contributed by atoms with van der Waals surface area (Å²) in [5, 5.41) is 2.87. The molecule has 0 bridgehead atoms. The van der Waals surface area contributed by atoms with Gasteiger partial charge in [0.05, 0.1) is 15.4 Å². The molecule has 0 saturated carbocycles. The number of halogens is 2. The maximum Gasteiger partial charge on any atom is 0.250 e. The predicted octanol–water partition coefficient (Wildman–Crippen LogP) is 2.16. The van der Waals surface area contributed by atoms with Crippen LogP contribution in [0.5, 0.6) is 0 Å². The molecule has 0 aromatic heterocycles. The number of nitrogens with two attached hydrogens (primary N) is 1. The molecule has 1 aromatic carbocycles. The molecule has 4 nitrogen and oxygen atoms in total. The normalized spacial score (nSPS) is 11.9. The maximum atomic E-state index is 11.4. The SMILES string of the molecule is CC(Br)C(=O)Nc1ccc(Cl)c(C(N)=O)c1. The first-order valence-corrected chi connectivity index (χ1v) is 5.75. The maximum absolute atomic E-state index is 11.4. The third-order valence-electron chi connectivity index (χ3n) is 1.86. The van der Waals surface area contributed by atoms with E-state index in [0.717, 1.165) is 0 Å². The quantitative estimate of drug-likeness (QED) is 0.840. The lowest BCUT2D eigenvalue weighted by molar-refractivity contribution is -0.115. The Labute approximate surface area is 106 Å². The van der Waals surface area contributed by atoms with Crippen LogP contribution in [0.1, 0.15) is 17.3 Å². The van der Waals surface area contributed by atoms with Crippen molar-refractivity contribution in [2.45, 2.75) is 11.8 Å². The highest BCUT2D eigenvalue weighted by Crippen LogP contribution is 2.20. The molecule has 16 heavy (non-hydrogen) atoms. The number of hydrogen-bond donors (Lipinski definition) is 2. The summed E-state index contributed by atoms with van der Waals surface area (Å²) in [6, 6.07) is 4.55. The summed E-state index contributed by atoms with van der Waals surface area (Å²) in [5.74, 6) is -0.842.